The normalized spacial score (nSPS) is 17.9. The first-order valence-electron chi connectivity index (χ1n) is 13.0. The summed E-state index contributed by atoms with van der Waals surface area (Å²) in [5.74, 6) is 0.112. The number of fused-ring (bicyclic) bond motifs is 2. The highest BCUT2D eigenvalue weighted by Gasteiger charge is 2.40. The number of amides is 1. The fourth-order valence-corrected chi connectivity index (χ4v) is 5.16. The summed E-state index contributed by atoms with van der Waals surface area (Å²) in [5.41, 5.74) is 3.26. The first-order chi connectivity index (χ1) is 17.1. The standard InChI is InChI=1S/C28H37N5O3/c1-28(2,3)36-27(35)32-18-19-17-21(11-12-24(19)29-32)33(20-9-10-20)26(34)23-7-6-8-25-22(23)13-14-31(25)16-15-30(4)5/h6-8,13-14,18,20-21H,9-12,15-17H2,1-5H3. The Morgan fingerprint density at radius 3 is 2.58 bits per heavy atom. The smallest absolute Gasteiger partial charge is 0.435 e. The molecule has 1 atom stereocenters. The van der Waals surface area contributed by atoms with Gasteiger partial charge in [0.15, 0.2) is 0 Å². The van der Waals surface area contributed by atoms with Crippen LogP contribution in [-0.4, -0.2) is 74.5 Å². The van der Waals surface area contributed by atoms with Crippen LogP contribution in [0.25, 0.3) is 10.9 Å². The molecular weight excluding hydrogens is 454 g/mol. The molecule has 192 valence electrons. The van der Waals surface area contributed by atoms with E-state index >= 15 is 0 Å². The molecule has 0 spiro atoms. The van der Waals surface area contributed by atoms with Gasteiger partial charge in [-0.3, -0.25) is 4.79 Å². The number of ether oxygens (including phenoxy) is 1. The molecule has 0 aliphatic heterocycles. The number of rotatable bonds is 6. The molecule has 0 saturated heterocycles. The minimum Gasteiger partial charge on any atom is -0.442 e. The van der Waals surface area contributed by atoms with E-state index in [0.29, 0.717) is 6.42 Å². The molecule has 8 nitrogen and oxygen atoms in total. The molecule has 1 unspecified atom stereocenters. The van der Waals surface area contributed by atoms with E-state index in [0.717, 1.165) is 66.5 Å². The molecule has 2 aromatic heterocycles. The highest BCUT2D eigenvalue weighted by Crippen LogP contribution is 2.36. The van der Waals surface area contributed by atoms with Crippen LogP contribution in [0.2, 0.25) is 0 Å². The maximum atomic E-state index is 14.0. The Morgan fingerprint density at radius 1 is 1.11 bits per heavy atom. The van der Waals surface area contributed by atoms with Crippen LogP contribution in [0.5, 0.6) is 0 Å². The number of carbonyl (C=O) groups excluding carboxylic acids is 2. The molecule has 2 aliphatic carbocycles. The molecular formula is C28H37N5O3. The second-order valence-electron chi connectivity index (χ2n) is 11.4. The Hall–Kier alpha value is -3.13. The zero-order chi connectivity index (χ0) is 25.6. The molecule has 36 heavy (non-hydrogen) atoms. The van der Waals surface area contributed by atoms with Crippen molar-refractivity contribution in [1.29, 1.82) is 0 Å². The summed E-state index contributed by atoms with van der Waals surface area (Å²) in [6.45, 7) is 7.37. The van der Waals surface area contributed by atoms with Gasteiger partial charge in [0.25, 0.3) is 5.91 Å². The summed E-state index contributed by atoms with van der Waals surface area (Å²) in [7, 11) is 4.14. The fraction of sp³-hybridized carbons (Fsp3) is 0.536. The van der Waals surface area contributed by atoms with E-state index in [2.05, 4.69) is 51.9 Å². The number of carbonyl (C=O) groups is 2. The first-order valence-corrected chi connectivity index (χ1v) is 13.0. The van der Waals surface area contributed by atoms with Crippen LogP contribution in [0.3, 0.4) is 0 Å². The second kappa shape index (κ2) is 9.39. The number of aryl methyl sites for hydroxylation is 1. The largest absolute Gasteiger partial charge is 0.442 e. The van der Waals surface area contributed by atoms with Gasteiger partial charge in [-0.2, -0.15) is 9.78 Å². The van der Waals surface area contributed by atoms with Crippen molar-refractivity contribution >= 4 is 22.9 Å². The van der Waals surface area contributed by atoms with E-state index in [1.165, 1.54) is 4.68 Å². The van der Waals surface area contributed by atoms with E-state index in [9.17, 15) is 9.59 Å². The van der Waals surface area contributed by atoms with E-state index in [1.54, 1.807) is 6.20 Å². The third-order valence-corrected chi connectivity index (χ3v) is 7.03. The lowest BCUT2D eigenvalue weighted by atomic mass is 9.91. The maximum absolute atomic E-state index is 14.0. The average Bonchev–Trinajstić information content (AvgIpc) is 3.39. The SMILES string of the molecule is CN(C)CCn1ccc2c(C(=O)N(C3CC3)C3CCc4nn(C(=O)OC(C)(C)C)cc4C3)cccc21. The number of hydrogen-bond acceptors (Lipinski definition) is 5. The van der Waals surface area contributed by atoms with Crippen LogP contribution in [0.4, 0.5) is 4.79 Å². The summed E-state index contributed by atoms with van der Waals surface area (Å²) in [6.07, 6.45) is 7.81. The van der Waals surface area contributed by atoms with Crippen molar-refractivity contribution < 1.29 is 14.3 Å². The van der Waals surface area contributed by atoms with Gasteiger partial charge in [-0.25, -0.2) is 4.79 Å². The van der Waals surface area contributed by atoms with Crippen molar-refractivity contribution in [2.75, 3.05) is 20.6 Å². The van der Waals surface area contributed by atoms with Gasteiger partial charge in [0.1, 0.15) is 5.60 Å². The molecule has 1 fully saturated rings. The Kier molecular flexibility index (Phi) is 6.41. The van der Waals surface area contributed by atoms with Crippen molar-refractivity contribution in [3.63, 3.8) is 0 Å². The second-order valence-corrected chi connectivity index (χ2v) is 11.4. The number of benzene rings is 1. The van der Waals surface area contributed by atoms with Crippen LogP contribution in [0.1, 0.15) is 61.6 Å². The molecule has 2 heterocycles. The Bertz CT molecular complexity index is 1280. The van der Waals surface area contributed by atoms with Crippen LogP contribution in [0.15, 0.2) is 36.7 Å². The first kappa shape index (κ1) is 24.6. The quantitative estimate of drug-likeness (QED) is 0.513. The minimum atomic E-state index is -0.576. The Morgan fingerprint density at radius 2 is 1.89 bits per heavy atom. The number of likely N-dealkylation sites (N-methyl/N-ethyl adjacent to an activating group) is 1. The fourth-order valence-electron chi connectivity index (χ4n) is 5.16. The summed E-state index contributed by atoms with van der Waals surface area (Å²) < 4.78 is 9.03. The van der Waals surface area contributed by atoms with Crippen molar-refractivity contribution in [3.05, 3.63) is 53.5 Å². The Balaban J connectivity index is 1.38. The van der Waals surface area contributed by atoms with Gasteiger partial charge in [0.2, 0.25) is 0 Å². The minimum absolute atomic E-state index is 0.0971. The molecule has 1 aromatic carbocycles. The third-order valence-electron chi connectivity index (χ3n) is 7.03. The van der Waals surface area contributed by atoms with Crippen molar-refractivity contribution in [2.45, 2.75) is 77.1 Å². The van der Waals surface area contributed by atoms with Gasteiger partial charge >= 0.3 is 6.09 Å². The summed E-state index contributed by atoms with van der Waals surface area (Å²) in [4.78, 5) is 30.8. The molecule has 3 aromatic rings. The summed E-state index contributed by atoms with van der Waals surface area (Å²) in [5, 5.41) is 5.51. The van der Waals surface area contributed by atoms with E-state index in [1.807, 2.05) is 32.9 Å². The lowest BCUT2D eigenvalue weighted by Crippen LogP contribution is -2.44. The topological polar surface area (TPSA) is 72.6 Å². The number of aromatic nitrogens is 3. The van der Waals surface area contributed by atoms with Crippen LogP contribution in [-0.2, 0) is 24.1 Å². The lowest BCUT2D eigenvalue weighted by molar-refractivity contribution is 0.0513. The predicted molar refractivity (Wildman–Crippen MR) is 139 cm³/mol. The van der Waals surface area contributed by atoms with E-state index < -0.39 is 11.7 Å². The molecule has 5 rings (SSSR count). The monoisotopic (exact) mass is 491 g/mol. The molecule has 0 radical (unpaired) electrons. The molecule has 1 saturated carbocycles. The lowest BCUT2D eigenvalue weighted by Gasteiger charge is -2.34. The van der Waals surface area contributed by atoms with Gasteiger partial charge < -0.3 is 19.1 Å². The van der Waals surface area contributed by atoms with Gasteiger partial charge in [-0.1, -0.05) is 6.07 Å². The summed E-state index contributed by atoms with van der Waals surface area (Å²) >= 11 is 0. The Labute approximate surface area is 212 Å². The van der Waals surface area contributed by atoms with Gasteiger partial charge in [-0.15, -0.1) is 0 Å². The van der Waals surface area contributed by atoms with Crippen LogP contribution >= 0.6 is 0 Å². The van der Waals surface area contributed by atoms with Crippen molar-refractivity contribution in [2.24, 2.45) is 0 Å². The van der Waals surface area contributed by atoms with E-state index in [4.69, 9.17) is 4.74 Å². The highest BCUT2D eigenvalue weighted by molar-refractivity contribution is 6.07. The molecule has 8 heteroatoms. The molecule has 2 aliphatic rings. The molecule has 1 amide bonds. The number of hydrogen-bond donors (Lipinski definition) is 0. The van der Waals surface area contributed by atoms with Crippen molar-refractivity contribution in [3.8, 4) is 0 Å². The number of nitrogens with zero attached hydrogens (tertiary/aromatic N) is 5. The zero-order valence-corrected chi connectivity index (χ0v) is 22.0. The molecule has 0 bridgehead atoms. The maximum Gasteiger partial charge on any atom is 0.435 e. The van der Waals surface area contributed by atoms with Crippen LogP contribution in [0, 0.1) is 0 Å². The van der Waals surface area contributed by atoms with Crippen molar-refractivity contribution in [1.82, 2.24) is 24.1 Å². The van der Waals surface area contributed by atoms with E-state index in [-0.39, 0.29) is 18.0 Å². The molecule has 0 N–H and O–H groups in total. The highest BCUT2D eigenvalue weighted by atomic mass is 16.6. The van der Waals surface area contributed by atoms with Gasteiger partial charge in [-0.05, 0) is 90.7 Å². The zero-order valence-electron chi connectivity index (χ0n) is 22.0. The summed E-state index contributed by atoms with van der Waals surface area (Å²) in [6, 6.07) is 8.52. The van der Waals surface area contributed by atoms with Crippen LogP contribution < -0.4 is 0 Å². The average molecular weight is 492 g/mol. The third kappa shape index (κ3) is 5.05. The van der Waals surface area contributed by atoms with Gasteiger partial charge in [0.05, 0.1) is 5.69 Å². The van der Waals surface area contributed by atoms with Gasteiger partial charge in [0, 0.05) is 54.0 Å². The predicted octanol–water partition coefficient (Wildman–Crippen LogP) is 4.34.